The number of methoxy groups -OCH3 is 2. The number of nitrogens with two attached hydrogens (primary N) is 1. The Morgan fingerprint density at radius 1 is 0.771 bits per heavy atom. The number of anilines is 3. The average Bonchev–Trinajstić information content (AvgIpc) is 2.83. The van der Waals surface area contributed by atoms with Crippen LogP contribution in [0.1, 0.15) is 0 Å². The summed E-state index contributed by atoms with van der Waals surface area (Å²) in [5.74, 6) is 0.714. The number of hydrogen-bond donors (Lipinski definition) is 2. The van der Waals surface area contributed by atoms with E-state index in [-0.39, 0.29) is 21.9 Å². The average molecular weight is 544 g/mol. The molecule has 0 atom stereocenters. The van der Waals surface area contributed by atoms with E-state index in [0.717, 1.165) is 0 Å². The van der Waals surface area contributed by atoms with Gasteiger partial charge in [0, 0.05) is 24.5 Å². The Labute approximate surface area is 215 Å². The fraction of sp³-hybridized carbons (Fsp3) is 0.0909. The molecule has 0 saturated carbocycles. The molecule has 35 heavy (non-hydrogen) atoms. The smallest absolute Gasteiger partial charge is 0.224 e. The van der Waals surface area contributed by atoms with Crippen molar-refractivity contribution in [2.45, 2.75) is 0 Å². The van der Waals surface area contributed by atoms with Gasteiger partial charge in [0.05, 0.1) is 25.6 Å². The van der Waals surface area contributed by atoms with Crippen molar-refractivity contribution in [1.29, 1.82) is 0 Å². The lowest BCUT2D eigenvalue weighted by atomic mass is 10.3. The number of nitrogens with zero attached hydrogens (tertiary/aromatic N) is 4. The van der Waals surface area contributed by atoms with E-state index in [9.17, 15) is 8.78 Å². The Bertz CT molecular complexity index is 1240. The predicted octanol–water partition coefficient (Wildman–Crippen LogP) is 6.22. The van der Waals surface area contributed by atoms with E-state index >= 15 is 0 Å². The van der Waals surface area contributed by atoms with Gasteiger partial charge >= 0.3 is 0 Å². The van der Waals surface area contributed by atoms with Crippen LogP contribution in [0, 0.1) is 11.6 Å². The van der Waals surface area contributed by atoms with E-state index in [4.69, 9.17) is 50.0 Å². The Kier molecular flexibility index (Phi) is 11.1. The van der Waals surface area contributed by atoms with E-state index < -0.39 is 11.6 Å². The van der Waals surface area contributed by atoms with E-state index in [2.05, 4.69) is 25.3 Å². The van der Waals surface area contributed by atoms with Crippen LogP contribution in [0.2, 0.25) is 15.7 Å². The Morgan fingerprint density at radius 3 is 1.86 bits per heavy atom. The van der Waals surface area contributed by atoms with E-state index in [1.807, 2.05) is 0 Å². The van der Waals surface area contributed by atoms with Crippen molar-refractivity contribution in [3.8, 4) is 11.5 Å². The van der Waals surface area contributed by atoms with Crippen LogP contribution in [0.25, 0.3) is 0 Å². The first-order chi connectivity index (χ1) is 16.7. The number of aromatic nitrogens is 4. The van der Waals surface area contributed by atoms with Crippen LogP contribution in [0.5, 0.6) is 11.5 Å². The summed E-state index contributed by atoms with van der Waals surface area (Å²) in [6.07, 6.45) is 2.98. The molecule has 0 fully saturated rings. The summed E-state index contributed by atoms with van der Waals surface area (Å²) in [5.41, 5.74) is 5.61. The molecule has 0 aliphatic carbocycles. The zero-order chi connectivity index (χ0) is 25.8. The van der Waals surface area contributed by atoms with Gasteiger partial charge < -0.3 is 20.5 Å². The first-order valence-corrected chi connectivity index (χ1v) is 10.7. The second kappa shape index (κ2) is 14.1. The Morgan fingerprint density at radius 2 is 1.34 bits per heavy atom. The Balaban J connectivity index is 0.000000204. The van der Waals surface area contributed by atoms with Gasteiger partial charge in [0.25, 0.3) is 0 Å². The maximum atomic E-state index is 13.5. The van der Waals surface area contributed by atoms with E-state index in [0.29, 0.717) is 22.5 Å². The molecule has 2 aromatic carbocycles. The summed E-state index contributed by atoms with van der Waals surface area (Å²) < 4.78 is 35.8. The van der Waals surface area contributed by atoms with Gasteiger partial charge in [-0.3, -0.25) is 0 Å². The predicted molar refractivity (Wildman–Crippen MR) is 133 cm³/mol. The first-order valence-electron chi connectivity index (χ1n) is 9.54. The van der Waals surface area contributed by atoms with Crippen LogP contribution in [0.15, 0.2) is 60.9 Å². The molecule has 4 rings (SSSR count). The lowest BCUT2D eigenvalue weighted by Crippen LogP contribution is -1.97. The zero-order valence-electron chi connectivity index (χ0n) is 18.3. The standard InChI is InChI=1S/C11H9ClFN3O.C7H8FNO.C4H2Cl2N2/c1-17-7-2-3-8(13)9(6-7)15-10-4-5-14-11(12)16-10;1-10-5-2-3-6(8)7(9)4-5;5-3-1-2-7-4(6)8-3/h2-6H,1H3,(H,14,15,16);2-4H,9H2,1H3;1-2H. The minimum absolute atomic E-state index is 0.0957. The van der Waals surface area contributed by atoms with Crippen molar-refractivity contribution in [2.24, 2.45) is 0 Å². The second-order valence-electron chi connectivity index (χ2n) is 6.22. The van der Waals surface area contributed by atoms with Gasteiger partial charge in [0.15, 0.2) is 0 Å². The first kappa shape index (κ1) is 27.8. The van der Waals surface area contributed by atoms with Crippen molar-refractivity contribution < 1.29 is 18.3 Å². The molecule has 13 heteroatoms. The number of nitrogen functional groups attached to an aromatic ring is 1. The monoisotopic (exact) mass is 542 g/mol. The topological polar surface area (TPSA) is 108 Å². The summed E-state index contributed by atoms with van der Waals surface area (Å²) in [6.45, 7) is 0. The molecule has 0 aliphatic heterocycles. The summed E-state index contributed by atoms with van der Waals surface area (Å²) in [6, 6.07) is 11.8. The third-order valence-corrected chi connectivity index (χ3v) is 4.43. The lowest BCUT2D eigenvalue weighted by Gasteiger charge is -2.08. The van der Waals surface area contributed by atoms with Crippen molar-refractivity contribution in [3.05, 3.63) is 88.3 Å². The summed E-state index contributed by atoms with van der Waals surface area (Å²) >= 11 is 16.4. The summed E-state index contributed by atoms with van der Waals surface area (Å²) in [5, 5.41) is 3.44. The molecule has 0 spiro atoms. The van der Waals surface area contributed by atoms with E-state index in [1.54, 1.807) is 12.1 Å². The quantitative estimate of drug-likeness (QED) is 0.177. The summed E-state index contributed by atoms with van der Waals surface area (Å²) in [4.78, 5) is 14.8. The molecule has 3 N–H and O–H groups in total. The largest absolute Gasteiger partial charge is 0.497 e. The zero-order valence-corrected chi connectivity index (χ0v) is 20.6. The van der Waals surface area contributed by atoms with Crippen molar-refractivity contribution in [1.82, 2.24) is 19.9 Å². The van der Waals surface area contributed by atoms with Gasteiger partial charge in [-0.15, -0.1) is 0 Å². The normalized spacial score (nSPS) is 9.69. The highest BCUT2D eigenvalue weighted by atomic mass is 35.5. The summed E-state index contributed by atoms with van der Waals surface area (Å²) in [7, 11) is 3.02. The molecule has 0 unspecified atom stereocenters. The molecular weight excluding hydrogens is 525 g/mol. The number of hydrogen-bond acceptors (Lipinski definition) is 8. The number of rotatable bonds is 4. The van der Waals surface area contributed by atoms with E-state index in [1.165, 1.54) is 63.0 Å². The molecule has 184 valence electrons. The maximum Gasteiger partial charge on any atom is 0.224 e. The fourth-order valence-electron chi connectivity index (χ4n) is 2.23. The van der Waals surface area contributed by atoms with Gasteiger partial charge in [-0.1, -0.05) is 11.6 Å². The molecule has 0 amide bonds. The van der Waals surface area contributed by atoms with Crippen LogP contribution in [0.3, 0.4) is 0 Å². The highest BCUT2D eigenvalue weighted by molar-refractivity contribution is 6.31. The minimum atomic E-state index is -0.416. The molecule has 0 radical (unpaired) electrons. The second-order valence-corrected chi connectivity index (χ2v) is 7.28. The van der Waals surface area contributed by atoms with Crippen molar-refractivity contribution in [2.75, 3.05) is 25.3 Å². The lowest BCUT2D eigenvalue weighted by molar-refractivity contribution is 0.414. The highest BCUT2D eigenvalue weighted by Gasteiger charge is 2.05. The molecular formula is C22H19Cl3F2N6O2. The molecule has 2 aromatic heterocycles. The minimum Gasteiger partial charge on any atom is -0.497 e. The van der Waals surface area contributed by atoms with Crippen LogP contribution >= 0.6 is 34.8 Å². The van der Waals surface area contributed by atoms with Gasteiger partial charge in [0.2, 0.25) is 10.6 Å². The van der Waals surface area contributed by atoms with Crippen LogP contribution in [0.4, 0.5) is 26.0 Å². The molecule has 0 saturated heterocycles. The Hall–Kier alpha value is -3.47. The SMILES string of the molecule is COc1ccc(F)c(N)c1.COc1ccc(F)c(Nc2ccnc(Cl)n2)c1.Clc1ccnc(Cl)n1. The van der Waals surface area contributed by atoms with Crippen LogP contribution < -0.4 is 20.5 Å². The molecule has 0 bridgehead atoms. The fourth-order valence-corrected chi connectivity index (χ4v) is 2.71. The third kappa shape index (κ3) is 9.73. The number of ether oxygens (including phenoxy) is 2. The highest BCUT2D eigenvalue weighted by Crippen LogP contribution is 2.24. The third-order valence-electron chi connectivity index (χ3n) is 3.86. The molecule has 0 aliphatic rings. The van der Waals surface area contributed by atoms with Gasteiger partial charge in [0.1, 0.15) is 34.1 Å². The van der Waals surface area contributed by atoms with Crippen LogP contribution in [-0.2, 0) is 0 Å². The number of halogens is 5. The van der Waals surface area contributed by atoms with Gasteiger partial charge in [-0.25, -0.2) is 28.7 Å². The number of nitrogens with one attached hydrogen (secondary N) is 1. The maximum absolute atomic E-state index is 13.5. The van der Waals surface area contributed by atoms with Crippen molar-refractivity contribution in [3.63, 3.8) is 0 Å². The molecule has 2 heterocycles. The molecule has 8 nitrogen and oxygen atoms in total. The molecule has 4 aromatic rings. The van der Waals surface area contributed by atoms with Gasteiger partial charge in [-0.2, -0.15) is 0 Å². The van der Waals surface area contributed by atoms with Crippen molar-refractivity contribution >= 4 is 52.0 Å². The number of benzene rings is 2. The van der Waals surface area contributed by atoms with Gasteiger partial charge in [-0.05, 0) is 59.6 Å². The van der Waals surface area contributed by atoms with Crippen LogP contribution in [-0.4, -0.2) is 34.2 Å².